The summed E-state index contributed by atoms with van der Waals surface area (Å²) in [4.78, 5) is 0. The van der Waals surface area contributed by atoms with E-state index in [0.717, 1.165) is 0 Å². The fourth-order valence-electron chi connectivity index (χ4n) is 1.76. The Bertz CT molecular complexity index is 439. The Hall–Kier alpha value is -1.28. The van der Waals surface area contributed by atoms with Gasteiger partial charge in [0, 0.05) is 6.61 Å². The predicted octanol–water partition coefficient (Wildman–Crippen LogP) is 3.19. The van der Waals surface area contributed by atoms with Gasteiger partial charge in [0.05, 0.1) is 5.56 Å². The van der Waals surface area contributed by atoms with Crippen LogP contribution in [0, 0.1) is 0 Å². The van der Waals surface area contributed by atoms with Crippen molar-refractivity contribution in [1.82, 2.24) is 0 Å². The van der Waals surface area contributed by atoms with Gasteiger partial charge in [0.15, 0.2) is 0 Å². The number of nitrogens with two attached hydrogens (primary N) is 1. The maximum atomic E-state index is 13.0. The van der Waals surface area contributed by atoms with Crippen LogP contribution in [0.3, 0.4) is 0 Å². The summed E-state index contributed by atoms with van der Waals surface area (Å²) < 4.78 is 76.2. The first kappa shape index (κ1) is 16.8. The third-order valence-corrected chi connectivity index (χ3v) is 2.96. The van der Waals surface area contributed by atoms with E-state index < -0.39 is 42.0 Å². The lowest BCUT2D eigenvalue weighted by molar-refractivity contribution is -0.192. The van der Waals surface area contributed by atoms with Gasteiger partial charge in [-0.25, -0.2) is 0 Å². The van der Waals surface area contributed by atoms with E-state index in [1.165, 1.54) is 0 Å². The molecule has 0 spiro atoms. The molecule has 1 atom stereocenters. The Kier molecular flexibility index (Phi) is 4.70. The van der Waals surface area contributed by atoms with E-state index in [2.05, 4.69) is 0 Å². The summed E-state index contributed by atoms with van der Waals surface area (Å²) in [5, 5.41) is 8.62. The van der Waals surface area contributed by atoms with E-state index in [1.54, 1.807) is 0 Å². The summed E-state index contributed by atoms with van der Waals surface area (Å²) in [5.74, 6) is 0. The summed E-state index contributed by atoms with van der Waals surface area (Å²) in [6, 6.07) is 2.55. The molecule has 0 fully saturated rings. The van der Waals surface area contributed by atoms with Crippen LogP contribution in [0.5, 0.6) is 0 Å². The largest absolute Gasteiger partial charge is 0.416 e. The van der Waals surface area contributed by atoms with Crippen molar-refractivity contribution in [2.24, 2.45) is 5.73 Å². The molecule has 0 amide bonds. The summed E-state index contributed by atoms with van der Waals surface area (Å²) >= 11 is 0. The third-order valence-electron chi connectivity index (χ3n) is 2.96. The van der Waals surface area contributed by atoms with Gasteiger partial charge in [-0.3, -0.25) is 0 Å². The van der Waals surface area contributed by atoms with Crippen LogP contribution >= 0.6 is 0 Å². The monoisotopic (exact) mass is 301 g/mol. The normalized spacial score (nSPS) is 16.0. The van der Waals surface area contributed by atoms with E-state index in [0.29, 0.717) is 24.3 Å². The summed E-state index contributed by atoms with van der Waals surface area (Å²) in [7, 11) is 0. The number of hydrogen-bond donors (Lipinski definition) is 2. The van der Waals surface area contributed by atoms with Crippen LogP contribution in [0.4, 0.5) is 26.3 Å². The second kappa shape index (κ2) is 5.61. The second-order valence-corrected chi connectivity index (χ2v) is 4.37. The van der Waals surface area contributed by atoms with Gasteiger partial charge in [0.25, 0.3) is 0 Å². The molecule has 0 aliphatic heterocycles. The van der Waals surface area contributed by atoms with Gasteiger partial charge in [0.1, 0.15) is 5.54 Å². The molecule has 0 bridgehead atoms. The van der Waals surface area contributed by atoms with Crippen molar-refractivity contribution in [3.05, 3.63) is 35.4 Å². The molecule has 114 valence electrons. The number of rotatable bonds is 4. The number of alkyl halides is 6. The van der Waals surface area contributed by atoms with Crippen molar-refractivity contribution in [3.63, 3.8) is 0 Å². The molecule has 0 saturated carbocycles. The molecule has 8 heteroatoms. The zero-order valence-electron chi connectivity index (χ0n) is 10.2. The van der Waals surface area contributed by atoms with E-state index in [4.69, 9.17) is 10.8 Å². The second-order valence-electron chi connectivity index (χ2n) is 4.37. The lowest BCUT2D eigenvalue weighted by Gasteiger charge is -2.32. The molecule has 1 aromatic carbocycles. The highest BCUT2D eigenvalue weighted by atomic mass is 19.4. The van der Waals surface area contributed by atoms with Gasteiger partial charge in [-0.1, -0.05) is 12.1 Å². The van der Waals surface area contributed by atoms with Gasteiger partial charge < -0.3 is 10.8 Å². The van der Waals surface area contributed by atoms with Gasteiger partial charge >= 0.3 is 12.4 Å². The molecule has 0 aromatic heterocycles. The van der Waals surface area contributed by atoms with Gasteiger partial charge in [-0.05, 0) is 30.5 Å². The van der Waals surface area contributed by atoms with Gasteiger partial charge in [0.2, 0.25) is 0 Å². The molecule has 1 unspecified atom stereocenters. The van der Waals surface area contributed by atoms with Crippen LogP contribution in [-0.4, -0.2) is 17.9 Å². The standard InChI is InChI=1S/C12H13F6NO/c13-11(14,15)9-4-2-8(3-5-9)10(19,6-1-7-20)12(16,17)18/h2-5,20H,1,6-7,19H2. The maximum absolute atomic E-state index is 13.0. The quantitative estimate of drug-likeness (QED) is 0.839. The number of aliphatic hydroxyl groups is 1. The zero-order chi connectivity index (χ0) is 15.6. The fraction of sp³-hybridized carbons (Fsp3) is 0.500. The molecule has 3 N–H and O–H groups in total. The molecule has 0 aliphatic rings. The molecule has 0 radical (unpaired) electrons. The minimum Gasteiger partial charge on any atom is -0.396 e. The molecule has 2 nitrogen and oxygen atoms in total. The van der Waals surface area contributed by atoms with E-state index in [-0.39, 0.29) is 6.42 Å². The highest BCUT2D eigenvalue weighted by Gasteiger charge is 2.52. The van der Waals surface area contributed by atoms with Crippen molar-refractivity contribution in [2.45, 2.75) is 30.7 Å². The average molecular weight is 301 g/mol. The van der Waals surface area contributed by atoms with Crippen molar-refractivity contribution >= 4 is 0 Å². The topological polar surface area (TPSA) is 46.2 Å². The molecular formula is C12H13F6NO. The number of hydrogen-bond acceptors (Lipinski definition) is 2. The minimum atomic E-state index is -4.83. The van der Waals surface area contributed by atoms with Crippen LogP contribution < -0.4 is 5.73 Å². The van der Waals surface area contributed by atoms with Crippen LogP contribution in [-0.2, 0) is 11.7 Å². The first-order valence-electron chi connectivity index (χ1n) is 5.66. The van der Waals surface area contributed by atoms with E-state index in [9.17, 15) is 26.3 Å². The number of halogens is 6. The van der Waals surface area contributed by atoms with Crippen molar-refractivity contribution in [3.8, 4) is 0 Å². The Labute approximate surface area is 111 Å². The Morgan fingerprint density at radius 2 is 1.35 bits per heavy atom. The summed E-state index contributed by atoms with van der Waals surface area (Å²) in [6.07, 6.45) is -10.3. The van der Waals surface area contributed by atoms with Crippen LogP contribution in [0.15, 0.2) is 24.3 Å². The highest BCUT2D eigenvalue weighted by molar-refractivity contribution is 5.31. The predicted molar refractivity (Wildman–Crippen MR) is 59.7 cm³/mol. The van der Waals surface area contributed by atoms with Crippen molar-refractivity contribution < 1.29 is 31.4 Å². The molecular weight excluding hydrogens is 288 g/mol. The van der Waals surface area contributed by atoms with Crippen molar-refractivity contribution in [2.75, 3.05) is 6.61 Å². The zero-order valence-corrected chi connectivity index (χ0v) is 10.2. The smallest absolute Gasteiger partial charge is 0.396 e. The molecule has 1 rings (SSSR count). The Balaban J connectivity index is 3.16. The van der Waals surface area contributed by atoms with E-state index >= 15 is 0 Å². The molecule has 1 aromatic rings. The maximum Gasteiger partial charge on any atom is 0.416 e. The Morgan fingerprint density at radius 1 is 0.900 bits per heavy atom. The fourth-order valence-corrected chi connectivity index (χ4v) is 1.76. The SMILES string of the molecule is NC(CCCO)(c1ccc(C(F)(F)F)cc1)C(F)(F)F. The molecule has 0 heterocycles. The summed E-state index contributed by atoms with van der Waals surface area (Å²) in [5.41, 5.74) is 1.03. The van der Waals surface area contributed by atoms with Gasteiger partial charge in [-0.2, -0.15) is 26.3 Å². The third kappa shape index (κ3) is 3.43. The first-order valence-corrected chi connectivity index (χ1v) is 5.66. The lowest BCUT2D eigenvalue weighted by atomic mass is 9.85. The molecule has 0 saturated heterocycles. The average Bonchev–Trinajstić information content (AvgIpc) is 2.33. The number of aliphatic hydroxyl groups excluding tert-OH is 1. The number of benzene rings is 1. The van der Waals surface area contributed by atoms with Crippen molar-refractivity contribution in [1.29, 1.82) is 0 Å². The first-order chi connectivity index (χ1) is 9.02. The van der Waals surface area contributed by atoms with E-state index in [1.807, 2.05) is 0 Å². The van der Waals surface area contributed by atoms with Gasteiger partial charge in [-0.15, -0.1) is 0 Å². The molecule has 20 heavy (non-hydrogen) atoms. The Morgan fingerprint density at radius 3 is 1.70 bits per heavy atom. The highest BCUT2D eigenvalue weighted by Crippen LogP contribution is 2.41. The lowest BCUT2D eigenvalue weighted by Crippen LogP contribution is -2.50. The van der Waals surface area contributed by atoms with Crippen LogP contribution in [0.1, 0.15) is 24.0 Å². The summed E-state index contributed by atoms with van der Waals surface area (Å²) in [6.45, 7) is -0.490. The van der Waals surface area contributed by atoms with Crippen LogP contribution in [0.25, 0.3) is 0 Å². The minimum absolute atomic E-state index is 0.211. The molecule has 0 aliphatic carbocycles. The van der Waals surface area contributed by atoms with Crippen LogP contribution in [0.2, 0.25) is 0 Å².